The minimum absolute atomic E-state index is 0.0636. The SMILES string of the molecule is CON=C(C(=O)Oc1cccc2sc(=S)[nH]c12)c1csc(N)n1. The van der Waals surface area contributed by atoms with Crippen molar-refractivity contribution in [2.45, 2.75) is 0 Å². The Bertz CT molecular complexity index is 957. The second kappa shape index (κ2) is 6.44. The van der Waals surface area contributed by atoms with Gasteiger partial charge < -0.3 is 20.3 Å². The number of hydrogen-bond donors (Lipinski definition) is 2. The molecule has 0 aliphatic carbocycles. The summed E-state index contributed by atoms with van der Waals surface area (Å²) in [5.74, 6) is -0.345. The van der Waals surface area contributed by atoms with E-state index in [4.69, 9.17) is 27.5 Å². The highest BCUT2D eigenvalue weighted by molar-refractivity contribution is 7.73. The predicted molar refractivity (Wildman–Crippen MR) is 92.7 cm³/mol. The zero-order valence-corrected chi connectivity index (χ0v) is 14.2. The molecule has 23 heavy (non-hydrogen) atoms. The summed E-state index contributed by atoms with van der Waals surface area (Å²) in [4.78, 5) is 24.1. The van der Waals surface area contributed by atoms with Crippen LogP contribution < -0.4 is 10.5 Å². The van der Waals surface area contributed by atoms with Gasteiger partial charge in [-0.1, -0.05) is 11.2 Å². The molecule has 0 unspecified atom stereocenters. The van der Waals surface area contributed by atoms with Gasteiger partial charge in [-0.3, -0.25) is 0 Å². The number of nitrogens with one attached hydrogen (secondary N) is 1. The first-order chi connectivity index (χ1) is 11.1. The van der Waals surface area contributed by atoms with Crippen LogP contribution in [0, 0.1) is 3.95 Å². The van der Waals surface area contributed by atoms with E-state index in [0.29, 0.717) is 26.0 Å². The first kappa shape index (κ1) is 15.6. The van der Waals surface area contributed by atoms with Gasteiger partial charge >= 0.3 is 5.97 Å². The van der Waals surface area contributed by atoms with Crippen LogP contribution in [0.1, 0.15) is 5.69 Å². The molecule has 0 fully saturated rings. The van der Waals surface area contributed by atoms with Crippen LogP contribution >= 0.6 is 34.9 Å². The lowest BCUT2D eigenvalue weighted by atomic mass is 10.3. The number of carbonyl (C=O) groups excluding carboxylic acids is 1. The molecule has 0 spiro atoms. The molecule has 2 heterocycles. The van der Waals surface area contributed by atoms with Gasteiger partial charge in [0.05, 0.1) is 4.70 Å². The van der Waals surface area contributed by atoms with Crippen LogP contribution in [0.3, 0.4) is 0 Å². The monoisotopic (exact) mass is 366 g/mol. The van der Waals surface area contributed by atoms with Crippen molar-refractivity contribution in [2.24, 2.45) is 5.16 Å². The lowest BCUT2D eigenvalue weighted by molar-refractivity contribution is -0.127. The van der Waals surface area contributed by atoms with Gasteiger partial charge in [0.25, 0.3) is 0 Å². The highest BCUT2D eigenvalue weighted by atomic mass is 32.1. The molecule has 0 aliphatic rings. The number of nitrogens with zero attached hydrogens (tertiary/aromatic N) is 2. The number of oxime groups is 1. The molecule has 3 N–H and O–H groups in total. The minimum atomic E-state index is -0.699. The Labute approximate surface area is 143 Å². The number of H-pyrrole nitrogens is 1. The Morgan fingerprint density at radius 1 is 1.48 bits per heavy atom. The van der Waals surface area contributed by atoms with Crippen molar-refractivity contribution in [1.82, 2.24) is 9.97 Å². The van der Waals surface area contributed by atoms with Crippen LogP contribution in [0.2, 0.25) is 0 Å². The second-order valence-electron chi connectivity index (χ2n) is 4.23. The molecule has 118 valence electrons. The van der Waals surface area contributed by atoms with E-state index in [0.717, 1.165) is 4.70 Å². The molecule has 3 aromatic rings. The molecule has 10 heteroatoms. The summed E-state index contributed by atoms with van der Waals surface area (Å²) in [5, 5.41) is 5.62. The van der Waals surface area contributed by atoms with Crippen LogP contribution in [-0.2, 0) is 9.63 Å². The number of ether oxygens (including phenoxy) is 1. The van der Waals surface area contributed by atoms with E-state index in [-0.39, 0.29) is 5.71 Å². The quantitative estimate of drug-likeness (QED) is 0.242. The third kappa shape index (κ3) is 3.23. The second-order valence-corrected chi connectivity index (χ2v) is 6.84. The number of hydrogen-bond acceptors (Lipinski definition) is 9. The largest absolute Gasteiger partial charge is 0.419 e. The van der Waals surface area contributed by atoms with E-state index in [1.54, 1.807) is 17.5 Å². The summed E-state index contributed by atoms with van der Waals surface area (Å²) in [6.07, 6.45) is 0. The maximum atomic E-state index is 12.4. The molecule has 0 bridgehead atoms. The first-order valence-electron chi connectivity index (χ1n) is 6.25. The molecule has 2 aromatic heterocycles. The fourth-order valence-corrected chi connectivity index (χ4v) is 3.53. The van der Waals surface area contributed by atoms with E-state index in [1.807, 2.05) is 6.07 Å². The molecule has 0 saturated carbocycles. The number of nitrogen functional groups attached to an aromatic ring is 1. The topological polar surface area (TPSA) is 103 Å². The molecule has 0 aliphatic heterocycles. The number of aromatic nitrogens is 2. The van der Waals surface area contributed by atoms with Crippen LogP contribution in [0.25, 0.3) is 10.2 Å². The number of esters is 1. The van der Waals surface area contributed by atoms with Gasteiger partial charge in [0.1, 0.15) is 18.3 Å². The van der Waals surface area contributed by atoms with E-state index in [2.05, 4.69) is 15.1 Å². The maximum Gasteiger partial charge on any atom is 0.368 e. The fourth-order valence-electron chi connectivity index (χ4n) is 1.86. The molecular weight excluding hydrogens is 356 g/mol. The number of carbonyl (C=O) groups is 1. The van der Waals surface area contributed by atoms with E-state index < -0.39 is 5.97 Å². The van der Waals surface area contributed by atoms with Crippen molar-refractivity contribution in [3.63, 3.8) is 0 Å². The van der Waals surface area contributed by atoms with Crippen LogP contribution in [0.4, 0.5) is 5.13 Å². The Morgan fingerprint density at radius 2 is 2.30 bits per heavy atom. The summed E-state index contributed by atoms with van der Waals surface area (Å²) in [6, 6.07) is 5.32. The third-order valence-electron chi connectivity index (χ3n) is 2.76. The normalized spacial score (nSPS) is 11.6. The summed E-state index contributed by atoms with van der Waals surface area (Å²) >= 11 is 7.70. The number of benzene rings is 1. The van der Waals surface area contributed by atoms with Gasteiger partial charge in [0.15, 0.2) is 14.8 Å². The Balaban J connectivity index is 1.95. The van der Waals surface area contributed by atoms with Crippen molar-refractivity contribution >= 4 is 61.9 Å². The summed E-state index contributed by atoms with van der Waals surface area (Å²) in [5.41, 5.74) is 6.48. The zero-order chi connectivity index (χ0) is 16.4. The van der Waals surface area contributed by atoms with E-state index >= 15 is 0 Å². The van der Waals surface area contributed by atoms with Crippen LogP contribution in [-0.4, -0.2) is 28.8 Å². The standard InChI is InChI=1S/C13H10N4O3S3/c1-19-17-9(6-5-22-12(14)15-6)11(18)20-7-3-2-4-8-10(7)16-13(21)23-8/h2-5H,1H3,(H2,14,15)(H,16,21). The number of para-hydroxylation sites is 1. The molecule has 3 rings (SSSR count). The smallest absolute Gasteiger partial charge is 0.368 e. The maximum absolute atomic E-state index is 12.4. The molecule has 0 atom stereocenters. The molecule has 0 amide bonds. The van der Waals surface area contributed by atoms with Crippen molar-refractivity contribution in [1.29, 1.82) is 0 Å². The van der Waals surface area contributed by atoms with Crippen molar-refractivity contribution in [3.8, 4) is 5.75 Å². The van der Waals surface area contributed by atoms with Crippen LogP contribution in [0.5, 0.6) is 5.75 Å². The summed E-state index contributed by atoms with van der Waals surface area (Å²) < 4.78 is 6.91. The molecule has 0 radical (unpaired) electrons. The number of rotatable bonds is 4. The molecule has 0 saturated heterocycles. The lowest BCUT2D eigenvalue weighted by Crippen LogP contribution is -2.22. The van der Waals surface area contributed by atoms with E-state index in [9.17, 15) is 4.79 Å². The minimum Gasteiger partial charge on any atom is -0.419 e. The summed E-state index contributed by atoms with van der Waals surface area (Å²) in [7, 11) is 1.33. The molecule has 1 aromatic carbocycles. The van der Waals surface area contributed by atoms with Gasteiger partial charge in [0.2, 0.25) is 5.71 Å². The number of fused-ring (bicyclic) bond motifs is 1. The molecule has 7 nitrogen and oxygen atoms in total. The first-order valence-corrected chi connectivity index (χ1v) is 8.35. The van der Waals surface area contributed by atoms with Gasteiger partial charge in [-0.15, -0.1) is 22.7 Å². The Morgan fingerprint density at radius 3 is 3.00 bits per heavy atom. The number of thiazole rings is 2. The Hall–Kier alpha value is -2.30. The third-order valence-corrected chi connectivity index (χ3v) is 4.63. The van der Waals surface area contributed by atoms with Gasteiger partial charge in [0, 0.05) is 5.38 Å². The van der Waals surface area contributed by atoms with Gasteiger partial charge in [-0.05, 0) is 24.4 Å². The van der Waals surface area contributed by atoms with E-state index in [1.165, 1.54) is 29.8 Å². The summed E-state index contributed by atoms with van der Waals surface area (Å²) in [6.45, 7) is 0. The van der Waals surface area contributed by atoms with Crippen LogP contribution in [0.15, 0.2) is 28.7 Å². The highest BCUT2D eigenvalue weighted by Crippen LogP contribution is 2.28. The highest BCUT2D eigenvalue weighted by Gasteiger charge is 2.21. The van der Waals surface area contributed by atoms with Gasteiger partial charge in [-0.25, -0.2) is 9.78 Å². The number of aromatic amines is 1. The average molecular weight is 366 g/mol. The van der Waals surface area contributed by atoms with Gasteiger partial charge in [-0.2, -0.15) is 0 Å². The van der Waals surface area contributed by atoms with Crippen molar-refractivity contribution in [3.05, 3.63) is 33.2 Å². The Kier molecular flexibility index (Phi) is 4.37. The number of nitrogens with two attached hydrogens (primary N) is 1. The lowest BCUT2D eigenvalue weighted by Gasteiger charge is -2.05. The predicted octanol–water partition coefficient (Wildman–Crippen LogP) is 2.95. The zero-order valence-electron chi connectivity index (χ0n) is 11.7. The fraction of sp³-hybridized carbons (Fsp3) is 0.0769. The molecular formula is C13H10N4O3S3. The van der Waals surface area contributed by atoms with Crippen molar-refractivity contribution < 1.29 is 14.4 Å². The van der Waals surface area contributed by atoms with Crippen molar-refractivity contribution in [2.75, 3.05) is 12.8 Å². The average Bonchev–Trinajstić information content (AvgIpc) is 3.10. The number of anilines is 1.